The Morgan fingerprint density at radius 1 is 1.43 bits per heavy atom. The van der Waals surface area contributed by atoms with E-state index in [4.69, 9.17) is 13.9 Å². The fraction of sp³-hybridized carbons (Fsp3) is 0.438. The first-order valence-corrected chi connectivity index (χ1v) is 7.46. The van der Waals surface area contributed by atoms with Gasteiger partial charge in [-0.05, 0) is 31.9 Å². The molecule has 2 aromatic heterocycles. The summed E-state index contributed by atoms with van der Waals surface area (Å²) in [4.78, 5) is 24.0. The number of nitrogens with zero attached hydrogens (tertiary/aromatic N) is 2. The van der Waals surface area contributed by atoms with Crippen molar-refractivity contribution in [2.24, 2.45) is 5.41 Å². The minimum atomic E-state index is -0.535. The van der Waals surface area contributed by atoms with Crippen molar-refractivity contribution in [3.05, 3.63) is 30.2 Å². The number of carbonyl (C=O) groups excluding carboxylic acids is 2. The van der Waals surface area contributed by atoms with E-state index in [1.807, 2.05) is 0 Å². The maximum absolute atomic E-state index is 12.1. The highest BCUT2D eigenvalue weighted by Crippen LogP contribution is 2.48. The second-order valence-electron chi connectivity index (χ2n) is 5.56. The zero-order valence-corrected chi connectivity index (χ0v) is 13.1. The Morgan fingerprint density at radius 2 is 2.22 bits per heavy atom. The highest BCUT2D eigenvalue weighted by atomic mass is 16.5. The molecule has 0 aliphatic heterocycles. The third kappa shape index (κ3) is 2.86. The minimum Gasteiger partial charge on any atom is -0.469 e. The molecule has 0 bridgehead atoms. The van der Waals surface area contributed by atoms with Crippen LogP contribution in [0.15, 0.2) is 29.0 Å². The van der Waals surface area contributed by atoms with Crippen LogP contribution in [-0.2, 0) is 20.8 Å². The predicted octanol–water partition coefficient (Wildman–Crippen LogP) is 2.27. The lowest BCUT2D eigenvalue weighted by Gasteiger charge is -2.11. The van der Waals surface area contributed by atoms with Crippen LogP contribution < -0.4 is 0 Å². The normalized spacial score (nSPS) is 15.2. The third-order valence-corrected chi connectivity index (χ3v) is 3.95. The summed E-state index contributed by atoms with van der Waals surface area (Å²) in [5, 5.41) is 4.41. The van der Waals surface area contributed by atoms with Gasteiger partial charge in [0, 0.05) is 6.20 Å². The molecule has 1 saturated carbocycles. The largest absolute Gasteiger partial charge is 0.469 e. The summed E-state index contributed by atoms with van der Waals surface area (Å²) in [5.74, 6) is -0.229. The van der Waals surface area contributed by atoms with Crippen molar-refractivity contribution >= 4 is 11.9 Å². The monoisotopic (exact) mass is 318 g/mol. The van der Waals surface area contributed by atoms with E-state index in [2.05, 4.69) is 5.10 Å². The first kappa shape index (κ1) is 15.3. The van der Waals surface area contributed by atoms with Crippen LogP contribution in [0.5, 0.6) is 0 Å². The number of methoxy groups -OCH3 is 1. The topological polar surface area (TPSA) is 83.6 Å². The van der Waals surface area contributed by atoms with Crippen LogP contribution >= 0.6 is 0 Å². The molecule has 7 nitrogen and oxygen atoms in total. The summed E-state index contributed by atoms with van der Waals surface area (Å²) < 4.78 is 16.9. The van der Waals surface area contributed by atoms with Gasteiger partial charge >= 0.3 is 11.9 Å². The van der Waals surface area contributed by atoms with Gasteiger partial charge in [0.15, 0.2) is 5.76 Å². The van der Waals surface area contributed by atoms with Crippen LogP contribution in [0.3, 0.4) is 0 Å². The molecule has 23 heavy (non-hydrogen) atoms. The van der Waals surface area contributed by atoms with Gasteiger partial charge in [-0.3, -0.25) is 9.48 Å². The van der Waals surface area contributed by atoms with Gasteiger partial charge in [-0.2, -0.15) is 5.10 Å². The van der Waals surface area contributed by atoms with Gasteiger partial charge in [0.25, 0.3) is 0 Å². The van der Waals surface area contributed by atoms with Crippen molar-refractivity contribution < 1.29 is 23.5 Å². The van der Waals surface area contributed by atoms with Gasteiger partial charge in [-0.15, -0.1) is 0 Å². The molecule has 0 radical (unpaired) electrons. The van der Waals surface area contributed by atoms with Crippen LogP contribution in [0.1, 0.15) is 30.1 Å². The number of aromatic nitrogens is 2. The van der Waals surface area contributed by atoms with Gasteiger partial charge in [-0.25, -0.2) is 4.79 Å². The summed E-state index contributed by atoms with van der Waals surface area (Å²) in [6.07, 6.45) is 4.62. The van der Waals surface area contributed by atoms with Crippen LogP contribution in [0.2, 0.25) is 0 Å². The molecule has 1 fully saturated rings. The Hall–Kier alpha value is -2.57. The van der Waals surface area contributed by atoms with E-state index >= 15 is 0 Å². The fourth-order valence-electron chi connectivity index (χ4n) is 2.56. The van der Waals surface area contributed by atoms with Crippen LogP contribution in [0.4, 0.5) is 0 Å². The second kappa shape index (κ2) is 5.91. The molecule has 2 aromatic rings. The zero-order chi connectivity index (χ0) is 16.4. The van der Waals surface area contributed by atoms with Crippen molar-refractivity contribution in [3.63, 3.8) is 0 Å². The van der Waals surface area contributed by atoms with E-state index in [9.17, 15) is 9.59 Å². The first-order valence-electron chi connectivity index (χ1n) is 7.46. The molecular formula is C16H18N2O5. The van der Waals surface area contributed by atoms with Crippen LogP contribution in [0, 0.1) is 5.41 Å². The van der Waals surface area contributed by atoms with Crippen molar-refractivity contribution in [2.75, 3.05) is 13.7 Å². The van der Waals surface area contributed by atoms with Gasteiger partial charge in [0.05, 0.1) is 31.9 Å². The zero-order valence-electron chi connectivity index (χ0n) is 13.1. The van der Waals surface area contributed by atoms with Crippen LogP contribution in [0.25, 0.3) is 11.5 Å². The highest BCUT2D eigenvalue weighted by Gasteiger charge is 2.51. The summed E-state index contributed by atoms with van der Waals surface area (Å²) in [6, 6.07) is 3.45. The molecule has 7 heteroatoms. The van der Waals surface area contributed by atoms with Gasteiger partial charge < -0.3 is 13.9 Å². The highest BCUT2D eigenvalue weighted by molar-refractivity contribution is 5.95. The number of hydrogen-bond donors (Lipinski definition) is 0. The van der Waals surface area contributed by atoms with E-state index in [0.717, 1.165) is 12.8 Å². The summed E-state index contributed by atoms with van der Waals surface area (Å²) in [6.45, 7) is 2.38. The quantitative estimate of drug-likeness (QED) is 0.760. The number of furan rings is 1. The molecule has 0 unspecified atom stereocenters. The van der Waals surface area contributed by atoms with E-state index in [1.54, 1.807) is 29.9 Å². The first-order chi connectivity index (χ1) is 11.1. The molecule has 1 aliphatic rings. The number of rotatable bonds is 6. The lowest BCUT2D eigenvalue weighted by Crippen LogP contribution is -2.23. The van der Waals surface area contributed by atoms with Gasteiger partial charge in [0.1, 0.15) is 11.3 Å². The second-order valence-corrected chi connectivity index (χ2v) is 5.56. The van der Waals surface area contributed by atoms with Crippen molar-refractivity contribution in [2.45, 2.75) is 26.3 Å². The maximum Gasteiger partial charge on any atom is 0.342 e. The van der Waals surface area contributed by atoms with Crippen molar-refractivity contribution in [1.29, 1.82) is 0 Å². The number of esters is 2. The Bertz CT molecular complexity index is 713. The summed E-state index contributed by atoms with van der Waals surface area (Å²) in [7, 11) is 1.38. The lowest BCUT2D eigenvalue weighted by atomic mass is 10.1. The van der Waals surface area contributed by atoms with Gasteiger partial charge in [-0.1, -0.05) is 0 Å². The SMILES string of the molecule is CCOC(=O)c1cn(CC2(C(=O)OC)CC2)nc1-c1ccco1. The Balaban J connectivity index is 1.92. The van der Waals surface area contributed by atoms with E-state index in [-0.39, 0.29) is 12.6 Å². The number of hydrogen-bond acceptors (Lipinski definition) is 6. The van der Waals surface area contributed by atoms with Gasteiger partial charge in [0.2, 0.25) is 0 Å². The molecule has 122 valence electrons. The molecule has 0 N–H and O–H groups in total. The fourth-order valence-corrected chi connectivity index (χ4v) is 2.56. The standard InChI is InChI=1S/C16H18N2O5/c1-3-22-14(19)11-9-18(10-16(6-7-16)15(20)21-2)17-13(11)12-5-4-8-23-12/h4-5,8-9H,3,6-7,10H2,1-2H3. The van der Waals surface area contributed by atoms with Crippen molar-refractivity contribution in [3.8, 4) is 11.5 Å². The minimum absolute atomic E-state index is 0.245. The van der Waals surface area contributed by atoms with E-state index in [0.29, 0.717) is 23.6 Å². The molecule has 0 atom stereocenters. The molecule has 1 aliphatic carbocycles. The lowest BCUT2D eigenvalue weighted by molar-refractivity contribution is -0.147. The summed E-state index contributed by atoms with van der Waals surface area (Å²) in [5.41, 5.74) is 0.198. The molecule has 0 amide bonds. The molecule has 0 spiro atoms. The smallest absolute Gasteiger partial charge is 0.342 e. The predicted molar refractivity (Wildman–Crippen MR) is 79.6 cm³/mol. The Kier molecular flexibility index (Phi) is 3.94. The Labute approximate surface area is 133 Å². The molecule has 0 saturated heterocycles. The Morgan fingerprint density at radius 3 is 2.78 bits per heavy atom. The summed E-state index contributed by atoms with van der Waals surface area (Å²) >= 11 is 0. The maximum atomic E-state index is 12.1. The third-order valence-electron chi connectivity index (χ3n) is 3.95. The molecular weight excluding hydrogens is 300 g/mol. The van der Waals surface area contributed by atoms with Crippen molar-refractivity contribution in [1.82, 2.24) is 9.78 Å². The average Bonchev–Trinajstić information content (AvgIpc) is 2.98. The average molecular weight is 318 g/mol. The molecule has 0 aromatic carbocycles. The number of ether oxygens (including phenoxy) is 2. The molecule has 2 heterocycles. The molecule has 3 rings (SSSR count). The van der Waals surface area contributed by atoms with E-state index < -0.39 is 11.4 Å². The van der Waals surface area contributed by atoms with E-state index in [1.165, 1.54) is 13.4 Å². The van der Waals surface area contributed by atoms with Crippen LogP contribution in [-0.4, -0.2) is 35.4 Å². The number of carbonyl (C=O) groups is 2.